The highest BCUT2D eigenvalue weighted by molar-refractivity contribution is 5.75. The van der Waals surface area contributed by atoms with Crippen LogP contribution in [0.15, 0.2) is 0 Å². The van der Waals surface area contributed by atoms with Gasteiger partial charge in [0.1, 0.15) is 5.60 Å². The van der Waals surface area contributed by atoms with Gasteiger partial charge in [-0.25, -0.2) is 9.59 Å². The maximum absolute atomic E-state index is 11.7. The van der Waals surface area contributed by atoms with Gasteiger partial charge in [0.05, 0.1) is 5.54 Å². The number of urea groups is 1. The van der Waals surface area contributed by atoms with Gasteiger partial charge in [-0.1, -0.05) is 0 Å². The van der Waals surface area contributed by atoms with Crippen molar-refractivity contribution in [3.8, 4) is 0 Å². The fourth-order valence-electron chi connectivity index (χ4n) is 1.31. The lowest BCUT2D eigenvalue weighted by Crippen LogP contribution is -2.55. The molecule has 3 amide bonds. The van der Waals surface area contributed by atoms with Gasteiger partial charge < -0.3 is 20.7 Å². The van der Waals surface area contributed by atoms with Gasteiger partial charge in [-0.3, -0.25) is 0 Å². The Morgan fingerprint density at radius 2 is 1.40 bits per heavy atom. The Labute approximate surface area is 122 Å². The van der Waals surface area contributed by atoms with Crippen LogP contribution in [0.25, 0.3) is 0 Å². The summed E-state index contributed by atoms with van der Waals surface area (Å²) in [5.41, 5.74) is -1.44. The molecule has 0 unspecified atom stereocenters. The van der Waals surface area contributed by atoms with Crippen LogP contribution >= 0.6 is 0 Å². The molecule has 20 heavy (non-hydrogen) atoms. The lowest BCUT2D eigenvalue weighted by Gasteiger charge is -2.29. The first-order valence-corrected chi connectivity index (χ1v) is 6.77. The normalized spacial score (nSPS) is 12.6. The zero-order valence-corrected chi connectivity index (χ0v) is 13.9. The van der Waals surface area contributed by atoms with Crippen molar-refractivity contribution < 1.29 is 14.3 Å². The minimum absolute atomic E-state index is 0.267. The lowest BCUT2D eigenvalue weighted by molar-refractivity contribution is 0.0472. The molecule has 0 aliphatic rings. The molecule has 0 aromatic rings. The molecule has 0 rings (SSSR count). The molecule has 0 aliphatic carbocycles. The Balaban J connectivity index is 4.26. The molecular weight excluding hydrogens is 258 g/mol. The summed E-state index contributed by atoms with van der Waals surface area (Å²) in [6, 6.07) is -0.267. The maximum atomic E-state index is 11.7. The monoisotopic (exact) mass is 287 g/mol. The van der Waals surface area contributed by atoms with E-state index in [1.807, 2.05) is 34.6 Å². The van der Waals surface area contributed by atoms with Crippen molar-refractivity contribution in [1.29, 1.82) is 0 Å². The highest BCUT2D eigenvalue weighted by Crippen LogP contribution is 2.09. The third-order valence-electron chi connectivity index (χ3n) is 2.02. The van der Waals surface area contributed by atoms with E-state index in [-0.39, 0.29) is 11.6 Å². The first kappa shape index (κ1) is 18.5. The Kier molecular flexibility index (Phi) is 5.86. The SMILES string of the molecule is CC(C)(C)NC(=O)NCC(C)(C)NC(=O)OC(C)(C)C. The van der Waals surface area contributed by atoms with Crippen LogP contribution in [0.4, 0.5) is 9.59 Å². The zero-order valence-electron chi connectivity index (χ0n) is 13.9. The maximum Gasteiger partial charge on any atom is 0.408 e. The number of alkyl carbamates (subject to hydrolysis) is 1. The predicted octanol–water partition coefficient (Wildman–Crippen LogP) is 2.39. The molecular formula is C14H29N3O3. The van der Waals surface area contributed by atoms with E-state index in [0.717, 1.165) is 0 Å². The topological polar surface area (TPSA) is 79.5 Å². The quantitative estimate of drug-likeness (QED) is 0.745. The van der Waals surface area contributed by atoms with Gasteiger partial charge in [-0.2, -0.15) is 0 Å². The number of carbonyl (C=O) groups excluding carboxylic acids is 2. The van der Waals surface area contributed by atoms with E-state index in [9.17, 15) is 9.59 Å². The predicted molar refractivity (Wildman–Crippen MR) is 79.7 cm³/mol. The van der Waals surface area contributed by atoms with Crippen molar-refractivity contribution in [1.82, 2.24) is 16.0 Å². The van der Waals surface area contributed by atoms with E-state index in [1.165, 1.54) is 0 Å². The molecule has 6 nitrogen and oxygen atoms in total. The smallest absolute Gasteiger partial charge is 0.408 e. The van der Waals surface area contributed by atoms with E-state index in [1.54, 1.807) is 20.8 Å². The molecule has 6 heteroatoms. The van der Waals surface area contributed by atoms with Crippen LogP contribution in [0.3, 0.4) is 0 Å². The molecule has 3 N–H and O–H groups in total. The fourth-order valence-corrected chi connectivity index (χ4v) is 1.31. The van der Waals surface area contributed by atoms with Gasteiger partial charge >= 0.3 is 12.1 Å². The highest BCUT2D eigenvalue weighted by Gasteiger charge is 2.25. The van der Waals surface area contributed by atoms with Crippen molar-refractivity contribution in [2.75, 3.05) is 6.54 Å². The van der Waals surface area contributed by atoms with Crippen molar-refractivity contribution in [3.63, 3.8) is 0 Å². The van der Waals surface area contributed by atoms with Gasteiger partial charge in [0.15, 0.2) is 0 Å². The Hall–Kier alpha value is -1.46. The molecule has 0 aromatic heterocycles. The number of ether oxygens (including phenoxy) is 1. The van der Waals surface area contributed by atoms with Crippen LogP contribution in [0.5, 0.6) is 0 Å². The van der Waals surface area contributed by atoms with Gasteiger partial charge in [0, 0.05) is 12.1 Å². The molecule has 0 atom stereocenters. The zero-order chi connectivity index (χ0) is 16.2. The molecule has 0 bridgehead atoms. The first-order valence-electron chi connectivity index (χ1n) is 6.77. The summed E-state index contributed by atoms with van der Waals surface area (Å²) in [5, 5.41) is 8.24. The number of nitrogens with one attached hydrogen (secondary N) is 3. The van der Waals surface area contributed by atoms with E-state index < -0.39 is 17.2 Å². The average Bonchev–Trinajstić information content (AvgIpc) is 2.07. The molecule has 118 valence electrons. The molecule has 0 saturated carbocycles. The molecule has 0 heterocycles. The third kappa shape index (κ3) is 10.5. The Morgan fingerprint density at radius 1 is 0.900 bits per heavy atom. The number of hydrogen-bond acceptors (Lipinski definition) is 3. The summed E-state index contributed by atoms with van der Waals surface area (Å²) in [6.45, 7) is 15.0. The molecule has 0 aliphatic heterocycles. The van der Waals surface area contributed by atoms with Crippen LogP contribution in [-0.2, 0) is 4.74 Å². The van der Waals surface area contributed by atoms with Gasteiger partial charge in [-0.15, -0.1) is 0 Å². The van der Waals surface area contributed by atoms with Crippen molar-refractivity contribution in [2.24, 2.45) is 0 Å². The summed E-state index contributed by atoms with van der Waals surface area (Å²) >= 11 is 0. The number of amides is 3. The Bertz CT molecular complexity index is 352. The second kappa shape index (κ2) is 6.33. The molecule has 0 spiro atoms. The number of carbonyl (C=O) groups is 2. The lowest BCUT2D eigenvalue weighted by atomic mass is 10.1. The summed E-state index contributed by atoms with van der Waals surface area (Å²) in [5.74, 6) is 0. The second-order valence-electron chi connectivity index (χ2n) is 7.57. The van der Waals surface area contributed by atoms with Crippen LogP contribution < -0.4 is 16.0 Å². The Morgan fingerprint density at radius 3 is 1.80 bits per heavy atom. The third-order valence-corrected chi connectivity index (χ3v) is 2.02. The average molecular weight is 287 g/mol. The summed E-state index contributed by atoms with van der Waals surface area (Å²) in [6.07, 6.45) is -0.500. The van der Waals surface area contributed by atoms with Crippen molar-refractivity contribution in [2.45, 2.75) is 72.1 Å². The van der Waals surface area contributed by atoms with E-state index in [2.05, 4.69) is 16.0 Å². The molecule has 0 saturated heterocycles. The minimum atomic E-state index is -0.600. The summed E-state index contributed by atoms with van der Waals surface area (Å²) < 4.78 is 5.18. The largest absolute Gasteiger partial charge is 0.444 e. The van der Waals surface area contributed by atoms with E-state index >= 15 is 0 Å². The standard InChI is InChI=1S/C14H29N3O3/c1-12(2,3)16-10(18)15-9-14(7,8)17-11(19)20-13(4,5)6/h9H2,1-8H3,(H,17,19)(H2,15,16,18). The van der Waals surface area contributed by atoms with Crippen LogP contribution in [0.1, 0.15) is 55.4 Å². The highest BCUT2D eigenvalue weighted by atomic mass is 16.6. The van der Waals surface area contributed by atoms with Crippen LogP contribution in [0, 0.1) is 0 Å². The summed E-state index contributed by atoms with van der Waals surface area (Å²) in [4.78, 5) is 23.3. The first-order chi connectivity index (χ1) is 8.70. The fraction of sp³-hybridized carbons (Fsp3) is 0.857. The van der Waals surface area contributed by atoms with Crippen molar-refractivity contribution in [3.05, 3.63) is 0 Å². The van der Waals surface area contributed by atoms with E-state index in [4.69, 9.17) is 4.74 Å². The van der Waals surface area contributed by atoms with Crippen molar-refractivity contribution >= 4 is 12.1 Å². The molecule has 0 aromatic carbocycles. The van der Waals surface area contributed by atoms with E-state index in [0.29, 0.717) is 6.54 Å². The minimum Gasteiger partial charge on any atom is -0.444 e. The van der Waals surface area contributed by atoms with Crippen LogP contribution in [0.2, 0.25) is 0 Å². The number of rotatable bonds is 3. The molecule has 0 radical (unpaired) electrons. The summed E-state index contributed by atoms with van der Waals surface area (Å²) in [7, 11) is 0. The number of hydrogen-bond donors (Lipinski definition) is 3. The van der Waals surface area contributed by atoms with Gasteiger partial charge in [0.2, 0.25) is 0 Å². The van der Waals surface area contributed by atoms with Gasteiger partial charge in [0.25, 0.3) is 0 Å². The van der Waals surface area contributed by atoms with Crippen LogP contribution in [-0.4, -0.2) is 35.3 Å². The molecule has 0 fully saturated rings. The second-order valence-corrected chi connectivity index (χ2v) is 7.57. The van der Waals surface area contributed by atoms with Gasteiger partial charge in [-0.05, 0) is 55.4 Å².